The summed E-state index contributed by atoms with van der Waals surface area (Å²) >= 11 is 0. The van der Waals surface area contributed by atoms with Crippen molar-refractivity contribution in [1.29, 1.82) is 0 Å². The van der Waals surface area contributed by atoms with E-state index in [1.165, 1.54) is 0 Å². The van der Waals surface area contributed by atoms with E-state index in [0.717, 1.165) is 0 Å². The summed E-state index contributed by atoms with van der Waals surface area (Å²) in [5.41, 5.74) is 0. The topological polar surface area (TPSA) is 0 Å². The van der Waals surface area contributed by atoms with Gasteiger partial charge < -0.3 is 5.71 Å². The van der Waals surface area contributed by atoms with Crippen molar-refractivity contribution in [2.75, 3.05) is 0 Å². The molecule has 0 spiro atoms. The largest absolute Gasteiger partial charge is 2.00 e. The minimum absolute atomic E-state index is 0. The molecule has 4 heteroatoms. The molecule has 0 aliphatic carbocycles. The molecule has 0 heterocycles. The fourth-order valence-electron chi connectivity index (χ4n) is 0. The molecule has 0 atom stereocenters. The third-order valence-electron chi connectivity index (χ3n) is 0. The van der Waals surface area contributed by atoms with Crippen LogP contribution in [0.5, 0.6) is 0 Å². The Morgan fingerprint density at radius 1 is 1.25 bits per heavy atom. The molecule has 0 aliphatic rings. The molecule has 0 aromatic heterocycles. The maximum absolute atomic E-state index is 0. The smallest absolute Gasteiger partial charge is 1.00 e. The van der Waals surface area contributed by atoms with E-state index in [1.807, 2.05) is 0 Å². The van der Waals surface area contributed by atoms with E-state index < -0.39 is 0 Å². The average Bonchev–Trinajstić information content (AvgIpc) is 0. The van der Waals surface area contributed by atoms with E-state index in [2.05, 4.69) is 0 Å². The van der Waals surface area contributed by atoms with Crippen molar-refractivity contribution in [3.8, 4) is 0 Å². The van der Waals surface area contributed by atoms with Gasteiger partial charge in [0.15, 0.2) is 0 Å². The van der Waals surface area contributed by atoms with Crippen LogP contribution in [0.25, 0.3) is 0 Å². The Balaban J connectivity index is 0. The van der Waals surface area contributed by atoms with Gasteiger partial charge in [-0.1, -0.05) is 0 Å². The van der Waals surface area contributed by atoms with Gasteiger partial charge in [-0.25, -0.2) is 0 Å². The minimum atomic E-state index is 0. The quantitative estimate of drug-likeness (QED) is 0.457. The summed E-state index contributed by atoms with van der Waals surface area (Å²) < 4.78 is 0. The van der Waals surface area contributed by atoms with Gasteiger partial charge in [0.25, 0.3) is 0 Å². The second kappa shape index (κ2) is 16.6. The molecule has 0 N–H and O–H groups in total. The van der Waals surface area contributed by atoms with Gasteiger partial charge in [0, 0.05) is 34.1 Å². The predicted molar refractivity (Wildman–Crippen MR) is 16.0 cm³/mol. The van der Waals surface area contributed by atoms with Gasteiger partial charge in [-0.05, 0) is 0 Å². The maximum atomic E-state index is 0. The van der Waals surface area contributed by atoms with Crippen molar-refractivity contribution in [2.45, 2.75) is 0 Å². The summed E-state index contributed by atoms with van der Waals surface area (Å²) in [4.78, 5) is 0. The van der Waals surface area contributed by atoms with Gasteiger partial charge in [0.2, 0.25) is 0 Å². The van der Waals surface area contributed by atoms with Crippen LogP contribution in [-0.4, -0.2) is 60.8 Å². The molecule has 0 nitrogen and oxygen atoms in total. The standard InChI is InChI=1S/Ca.Cu.Fe.Mg.4H/q+2;;;+2;4*-1. The Bertz CT molecular complexity index is 16.0. The van der Waals surface area contributed by atoms with Crippen LogP contribution in [0, 0.1) is 0 Å². The maximum Gasteiger partial charge on any atom is 2.00 e. The SMILES string of the molecule is [Ca+2].[Cu].[Fe].[H-].[H-].[H-].[H-].[Mg+2]. The monoisotopic (exact) mass is 187 g/mol. The summed E-state index contributed by atoms with van der Waals surface area (Å²) in [7, 11) is 0. The predicted octanol–water partition coefficient (Wildman–Crippen LogP) is -0.317. The van der Waals surface area contributed by atoms with Crippen molar-refractivity contribution in [2.24, 2.45) is 0 Å². The molecule has 0 saturated carbocycles. The third kappa shape index (κ3) is 8.91. The Labute approximate surface area is 98.9 Å². The second-order valence-electron chi connectivity index (χ2n) is 0. The van der Waals surface area contributed by atoms with Crippen LogP contribution in [0.4, 0.5) is 0 Å². The Hall–Kier alpha value is 3.06. The zero-order valence-electron chi connectivity index (χ0n) is 6.07. The van der Waals surface area contributed by atoms with Gasteiger partial charge in [-0.3, -0.25) is 0 Å². The molecular weight excluding hydrogens is 184 g/mol. The van der Waals surface area contributed by atoms with Crippen molar-refractivity contribution in [3.63, 3.8) is 0 Å². The Kier molecular flexibility index (Phi) is 115. The van der Waals surface area contributed by atoms with Crippen molar-refractivity contribution in [3.05, 3.63) is 0 Å². The first-order chi connectivity index (χ1) is 0. The van der Waals surface area contributed by atoms with E-state index in [-0.39, 0.29) is 101 Å². The summed E-state index contributed by atoms with van der Waals surface area (Å²) in [5, 5.41) is 0. The molecule has 0 aromatic carbocycles. The Morgan fingerprint density at radius 3 is 1.25 bits per heavy atom. The first-order valence-electron chi connectivity index (χ1n) is 0. The summed E-state index contributed by atoms with van der Waals surface area (Å²) in [6.45, 7) is 0. The van der Waals surface area contributed by atoms with Gasteiger partial charge in [0.05, 0.1) is 0 Å². The number of rotatable bonds is 0. The van der Waals surface area contributed by atoms with Crippen molar-refractivity contribution >= 4 is 60.8 Å². The first-order valence-corrected chi connectivity index (χ1v) is 0. The second-order valence-corrected chi connectivity index (χ2v) is 0. The van der Waals surface area contributed by atoms with E-state index in [4.69, 9.17) is 0 Å². The summed E-state index contributed by atoms with van der Waals surface area (Å²) in [6.07, 6.45) is 0. The molecule has 4 heavy (non-hydrogen) atoms. The fourth-order valence-corrected chi connectivity index (χ4v) is 0. The van der Waals surface area contributed by atoms with Gasteiger partial charge >= 0.3 is 60.8 Å². The number of hydrogen-bond donors (Lipinski definition) is 0. The van der Waals surface area contributed by atoms with Crippen LogP contribution >= 0.6 is 0 Å². The van der Waals surface area contributed by atoms with Crippen LogP contribution in [-0.2, 0) is 34.1 Å². The molecule has 0 unspecified atom stereocenters. The van der Waals surface area contributed by atoms with E-state index in [9.17, 15) is 0 Å². The van der Waals surface area contributed by atoms with Crippen LogP contribution in [0.1, 0.15) is 5.71 Å². The van der Waals surface area contributed by atoms with Gasteiger partial charge in [-0.2, -0.15) is 0 Å². The van der Waals surface area contributed by atoms with Crippen molar-refractivity contribution in [1.82, 2.24) is 0 Å². The minimum Gasteiger partial charge on any atom is -1.00 e. The van der Waals surface area contributed by atoms with Gasteiger partial charge in [-0.15, -0.1) is 0 Å². The normalized spacial score (nSPS) is 0. The molecule has 0 fully saturated rings. The molecule has 27 valence electrons. The van der Waals surface area contributed by atoms with E-state index >= 15 is 0 Å². The zero-order chi connectivity index (χ0) is 0. The molecule has 1 radical (unpaired) electrons. The summed E-state index contributed by atoms with van der Waals surface area (Å²) in [6, 6.07) is 0. The number of hydrogen-bond acceptors (Lipinski definition) is 0. The van der Waals surface area contributed by atoms with Gasteiger partial charge in [0.1, 0.15) is 0 Å². The van der Waals surface area contributed by atoms with Crippen LogP contribution in [0.15, 0.2) is 0 Å². The molecule has 0 aromatic rings. The van der Waals surface area contributed by atoms with Crippen LogP contribution < -0.4 is 0 Å². The first kappa shape index (κ1) is 27.7. The van der Waals surface area contributed by atoms with Crippen LogP contribution in [0.2, 0.25) is 0 Å². The van der Waals surface area contributed by atoms with Crippen molar-refractivity contribution < 1.29 is 39.8 Å². The average molecular weight is 188 g/mol. The molecule has 0 amide bonds. The van der Waals surface area contributed by atoms with E-state index in [1.54, 1.807) is 0 Å². The van der Waals surface area contributed by atoms with E-state index in [0.29, 0.717) is 0 Å². The molecule has 0 rings (SSSR count). The zero-order valence-corrected chi connectivity index (χ0v) is 7.74. The molecular formula is H4CaCuFeMg. The molecule has 0 aliphatic heterocycles. The fraction of sp³-hybridized carbons (Fsp3) is 0. The molecule has 0 bridgehead atoms. The Morgan fingerprint density at radius 2 is 1.25 bits per heavy atom. The van der Waals surface area contributed by atoms with Crippen LogP contribution in [0.3, 0.4) is 0 Å². The third-order valence-corrected chi connectivity index (χ3v) is 0. The molecule has 0 saturated heterocycles. The summed E-state index contributed by atoms with van der Waals surface area (Å²) in [5.74, 6) is 0.